The van der Waals surface area contributed by atoms with Crippen LogP contribution in [-0.2, 0) is 32.5 Å². The zero-order valence-electron chi connectivity index (χ0n) is 90.1. The van der Waals surface area contributed by atoms with E-state index in [0.29, 0.717) is 70.3 Å². The van der Waals surface area contributed by atoms with Crippen LogP contribution in [0.4, 0.5) is 0 Å². The van der Waals surface area contributed by atoms with Gasteiger partial charge in [0.15, 0.2) is 0 Å². The maximum Gasteiger partial charge on any atom is 0.127 e. The van der Waals surface area contributed by atoms with Gasteiger partial charge in [-0.25, -0.2) is 0 Å². The summed E-state index contributed by atoms with van der Waals surface area (Å²) in [5.74, 6) is 6.78. The minimum absolute atomic E-state index is 0.0182. The van der Waals surface area contributed by atoms with Crippen molar-refractivity contribution in [3.05, 3.63) is 267 Å². The highest BCUT2D eigenvalue weighted by Gasteiger charge is 2.63. The van der Waals surface area contributed by atoms with Gasteiger partial charge in [0.25, 0.3) is 0 Å². The third-order valence-electron chi connectivity index (χ3n) is 34.1. The largest absolute Gasteiger partial charge is 0.314 e. The average Bonchev–Trinajstić information content (AvgIpc) is 1.54. The summed E-state index contributed by atoms with van der Waals surface area (Å²) in [5.41, 5.74) is 35.1. The van der Waals surface area contributed by atoms with Crippen molar-refractivity contribution in [2.75, 3.05) is 0 Å². The topological polar surface area (TPSA) is 9.72 Å². The average molecular weight is 1790 g/mol. The zero-order valence-corrected chi connectivity index (χ0v) is 93.1. The molecule has 9 aliphatic rings. The minimum atomic E-state index is -2.00. The van der Waals surface area contributed by atoms with E-state index in [1.807, 2.05) is 0 Å². The summed E-state index contributed by atoms with van der Waals surface area (Å²) in [6.45, 7) is 106. The van der Waals surface area contributed by atoms with Crippen molar-refractivity contribution in [2.24, 2.45) is 59.2 Å². The van der Waals surface area contributed by atoms with Gasteiger partial charge >= 0.3 is 0 Å². The second-order valence-corrected chi connectivity index (χ2v) is 68.2. The lowest BCUT2D eigenvalue weighted by Crippen LogP contribution is -2.67. The quantitative estimate of drug-likeness (QED) is 0.126. The molecule has 0 aliphatic heterocycles. The fraction of sp³-hybridized carbons (Fsp3) is 0.565. The van der Waals surface area contributed by atoms with Gasteiger partial charge in [-0.2, -0.15) is 0 Å². The highest BCUT2D eigenvalue weighted by atomic mass is 28.3. The first-order valence-corrected chi connectivity index (χ1v) is 60.0. The van der Waals surface area contributed by atoms with Crippen LogP contribution in [0.5, 0.6) is 0 Å². The van der Waals surface area contributed by atoms with E-state index >= 15 is 0 Å². The molecule has 0 saturated heterocycles. The van der Waals surface area contributed by atoms with Gasteiger partial charge in [-0.3, -0.25) is 0 Å². The monoisotopic (exact) mass is 1790 g/mol. The molecular formula is C124H177N3Si3. The van der Waals surface area contributed by atoms with Crippen molar-refractivity contribution in [3.8, 4) is 33.4 Å². The highest BCUT2D eigenvalue weighted by molar-refractivity contribution is 6.77. The Morgan fingerprint density at radius 2 is 0.554 bits per heavy atom. The number of fused-ring (bicyclic) bond motifs is 12. The van der Waals surface area contributed by atoms with Crippen LogP contribution in [-0.4, -0.2) is 71.6 Å². The molecule has 0 aromatic heterocycles. The predicted molar refractivity (Wildman–Crippen MR) is 578 cm³/mol. The van der Waals surface area contributed by atoms with E-state index in [1.54, 1.807) is 16.7 Å². The molecule has 0 N–H and O–H groups in total. The van der Waals surface area contributed by atoms with Crippen molar-refractivity contribution in [1.29, 1.82) is 0 Å². The van der Waals surface area contributed by atoms with E-state index in [9.17, 15) is 0 Å². The molecule has 3 saturated carbocycles. The molecule has 14 unspecified atom stereocenters. The molecule has 9 aliphatic carbocycles. The smallest absolute Gasteiger partial charge is 0.127 e. The van der Waals surface area contributed by atoms with Crippen molar-refractivity contribution in [3.63, 3.8) is 0 Å². The summed E-state index contributed by atoms with van der Waals surface area (Å²) >= 11 is 0. The Balaban J connectivity index is 0.000000158. The Kier molecular flexibility index (Phi) is 25.4. The fourth-order valence-electron chi connectivity index (χ4n) is 31.4. The van der Waals surface area contributed by atoms with Gasteiger partial charge in [0.05, 0.1) is 0 Å². The van der Waals surface area contributed by atoms with Crippen LogP contribution < -0.4 is 0 Å². The second kappa shape index (κ2) is 33.2. The van der Waals surface area contributed by atoms with Gasteiger partial charge in [-0.05, 0) is 370 Å². The van der Waals surface area contributed by atoms with E-state index in [4.69, 9.17) is 0 Å². The van der Waals surface area contributed by atoms with Crippen LogP contribution in [0, 0.1) is 59.2 Å². The second-order valence-electron chi connectivity index (χ2n) is 55.0. The lowest BCUT2D eigenvalue weighted by molar-refractivity contribution is 0.120. The molecule has 7 aromatic rings. The standard InChI is InChI=1S/C45H61NSi.C40H59NSi.C39H57NSi/c1-29-40(31-18-16-15-17-19-31)36-28-39-35(27-37(36)41(29)47(13,14)46(43(5,6)7)44(8,9)10)34-25-22-32(26-38(34)45(39,11)12)30-20-23-33(24-21-30)42(2,3)4;1-25-26(2)36(42(14,15)41(38(6,7)8)39(9,10)11)33-23-32-30-21-18-28(27-16-19-29(20-17-27)37(3,4)5)22-34(30)40(12,13)35(32)24-31(25)33;1-25-21-28-23-34-32(24-31(28)35(25)41(13,14)40(37(5,6)7)38(8,9)10)30-20-17-27(22-33(30)39(34,11)12)26-15-18-29(19-16-26)36(2,3)4/h15-29,36-37,40-41H,1-14H3;16-26,31,33,36H,1-15H3;15-20,22-25,28,31,35H,21H2,1-14H3. The summed E-state index contributed by atoms with van der Waals surface area (Å²) in [5, 5.41) is 0. The summed E-state index contributed by atoms with van der Waals surface area (Å²) in [6.07, 6.45) is 17.9. The van der Waals surface area contributed by atoms with Crippen LogP contribution in [0.1, 0.15) is 324 Å². The molecule has 0 heterocycles. The molecule has 130 heavy (non-hydrogen) atoms. The summed E-state index contributed by atoms with van der Waals surface area (Å²) in [4.78, 5) is 0. The Bertz CT molecular complexity index is 5550. The first-order chi connectivity index (χ1) is 59.4. The van der Waals surface area contributed by atoms with Crippen LogP contribution in [0.15, 0.2) is 211 Å². The zero-order chi connectivity index (χ0) is 96.4. The van der Waals surface area contributed by atoms with Crippen molar-refractivity contribution in [1.82, 2.24) is 13.7 Å². The number of allylic oxidation sites excluding steroid dienone is 12. The van der Waals surface area contributed by atoms with Gasteiger partial charge in [0.2, 0.25) is 0 Å². The van der Waals surface area contributed by atoms with Gasteiger partial charge in [-0.1, -0.05) is 347 Å². The first-order valence-electron chi connectivity index (χ1n) is 50.9. The molecule has 0 amide bonds. The minimum Gasteiger partial charge on any atom is -0.314 e. The summed E-state index contributed by atoms with van der Waals surface area (Å²) in [6, 6.07) is 61.2. The number of hydrogen-bond acceptors (Lipinski definition) is 3. The lowest BCUT2D eigenvalue weighted by atomic mass is 9.73. The number of nitrogens with zero attached hydrogens (tertiary/aromatic N) is 3. The molecule has 6 heteroatoms. The summed E-state index contributed by atoms with van der Waals surface area (Å²) < 4.78 is 8.89. The third kappa shape index (κ3) is 17.6. The van der Waals surface area contributed by atoms with Gasteiger partial charge in [0, 0.05) is 49.5 Å². The van der Waals surface area contributed by atoms with E-state index < -0.39 is 24.7 Å². The molecule has 3 fully saturated rings. The lowest BCUT2D eigenvalue weighted by Gasteiger charge is -2.57. The maximum absolute atomic E-state index is 2.97. The van der Waals surface area contributed by atoms with Gasteiger partial charge < -0.3 is 13.7 Å². The van der Waals surface area contributed by atoms with Crippen molar-refractivity contribution in [2.45, 2.75) is 390 Å². The Morgan fingerprint density at radius 1 is 0.277 bits per heavy atom. The number of benzene rings is 7. The van der Waals surface area contributed by atoms with Crippen molar-refractivity contribution >= 4 is 41.4 Å². The Labute approximate surface area is 798 Å². The van der Waals surface area contributed by atoms with E-state index in [0.717, 1.165) is 11.5 Å². The molecule has 16 rings (SSSR count). The third-order valence-corrected chi connectivity index (χ3v) is 49.2. The molecular weight excluding hydrogens is 1620 g/mol. The molecule has 0 radical (unpaired) electrons. The predicted octanol–water partition coefficient (Wildman–Crippen LogP) is 34.7. The first kappa shape index (κ1) is 99.5. The Morgan fingerprint density at radius 3 is 0.869 bits per heavy atom. The van der Waals surface area contributed by atoms with Crippen molar-refractivity contribution < 1.29 is 0 Å². The van der Waals surface area contributed by atoms with E-state index in [-0.39, 0.29) is 65.7 Å². The number of hydrogen-bond donors (Lipinski definition) is 0. The molecule has 700 valence electrons. The molecule has 0 bridgehead atoms. The summed E-state index contributed by atoms with van der Waals surface area (Å²) in [7, 11) is -5.69. The molecule has 3 nitrogen and oxygen atoms in total. The van der Waals surface area contributed by atoms with Crippen LogP contribution in [0.25, 0.3) is 50.1 Å². The Hall–Kier alpha value is -6.49. The maximum atomic E-state index is 2.97. The van der Waals surface area contributed by atoms with E-state index in [2.05, 4.69) is 503 Å². The molecule has 0 spiro atoms. The normalized spacial score (nSPS) is 26.3. The SMILES string of the molecule is CC1C(C)C([Si](C)(C)N(C(C)(C)C)C(C)(C)C)C2C=C3C(=CC12)C(C)(C)c1cc(-c2ccc(C(C)(C)C)cc2)ccc13.CC1C(c2ccccc2)C2C=C3C(=CC2C1[Si](C)(C)N(C(C)(C)C)C(C)(C)C)c1ccc(-c2ccc(C(C)(C)C)cc2)cc1C3(C)C.CC1CC2C=C3C(=CC2C1[Si](C)(C)N(C(C)(C)C)C(C)(C)C)c1ccc(-c2ccc(C(C)(C)C)cc2)cc1C3(C)C. The van der Waals surface area contributed by atoms with Crippen LogP contribution in [0.2, 0.25) is 55.9 Å². The fourth-order valence-corrected chi connectivity index (χ4v) is 51.1. The van der Waals surface area contributed by atoms with Crippen LogP contribution >= 0.6 is 0 Å². The van der Waals surface area contributed by atoms with Crippen LogP contribution in [0.3, 0.4) is 0 Å². The number of rotatable bonds is 10. The van der Waals surface area contributed by atoms with Gasteiger partial charge in [0.1, 0.15) is 24.7 Å². The molecule has 7 aromatic carbocycles. The van der Waals surface area contributed by atoms with Gasteiger partial charge in [-0.15, -0.1) is 0 Å². The van der Waals surface area contributed by atoms with E-state index in [1.165, 1.54) is 112 Å². The molecule has 14 atom stereocenters. The highest BCUT2D eigenvalue weighted by Crippen LogP contribution is 2.69.